The Morgan fingerprint density at radius 1 is 0.513 bits per heavy atom. The SMILES string of the molecule is [2H]c1c([2H])c([2H])c2c(c1[2H])c1c3oc4ccccc4c3ccc1n2-c1ccc(-c2ccc3oc4ccccc4c3c2)cc1. The first-order valence-corrected chi connectivity index (χ1v) is 12.9. The second kappa shape index (κ2) is 7.62. The topological polar surface area (TPSA) is 31.2 Å². The zero-order valence-electron chi connectivity index (χ0n) is 24.6. The maximum Gasteiger partial charge on any atom is 0.145 e. The predicted molar refractivity (Wildman–Crippen MR) is 161 cm³/mol. The van der Waals surface area contributed by atoms with Crippen molar-refractivity contribution in [2.24, 2.45) is 0 Å². The lowest BCUT2D eigenvalue weighted by atomic mass is 10.0. The van der Waals surface area contributed by atoms with Gasteiger partial charge in [-0.25, -0.2) is 0 Å². The fourth-order valence-corrected chi connectivity index (χ4v) is 5.96. The van der Waals surface area contributed by atoms with Crippen molar-refractivity contribution < 1.29 is 14.3 Å². The first kappa shape index (κ1) is 17.3. The number of nitrogens with zero attached hydrogens (tertiary/aromatic N) is 1. The summed E-state index contributed by atoms with van der Waals surface area (Å²) < 4.78 is 49.0. The van der Waals surface area contributed by atoms with Crippen LogP contribution in [0.15, 0.2) is 136 Å². The summed E-state index contributed by atoms with van der Waals surface area (Å²) in [5, 5.41) is 5.14. The normalized spacial score (nSPS) is 13.5. The molecule has 0 aliphatic rings. The smallest absolute Gasteiger partial charge is 0.145 e. The van der Waals surface area contributed by atoms with E-state index < -0.39 is 0 Å². The van der Waals surface area contributed by atoms with Crippen molar-refractivity contribution in [3.63, 3.8) is 0 Å². The molecule has 0 saturated heterocycles. The Morgan fingerprint density at radius 3 is 2.05 bits per heavy atom. The van der Waals surface area contributed by atoms with Gasteiger partial charge in [0.25, 0.3) is 0 Å². The number of aromatic nitrogens is 1. The molecule has 3 heterocycles. The van der Waals surface area contributed by atoms with Gasteiger partial charge in [-0.15, -0.1) is 0 Å². The molecule has 6 aromatic carbocycles. The van der Waals surface area contributed by atoms with Crippen molar-refractivity contribution >= 4 is 65.7 Å². The molecule has 9 aromatic rings. The highest BCUT2D eigenvalue weighted by atomic mass is 16.3. The molecule has 0 radical (unpaired) electrons. The Bertz CT molecular complexity index is 2610. The van der Waals surface area contributed by atoms with Gasteiger partial charge in [0.2, 0.25) is 0 Å². The van der Waals surface area contributed by atoms with Crippen LogP contribution < -0.4 is 0 Å². The van der Waals surface area contributed by atoms with E-state index in [0.29, 0.717) is 21.9 Å². The molecule has 0 aliphatic heterocycles. The van der Waals surface area contributed by atoms with E-state index in [2.05, 4.69) is 18.2 Å². The van der Waals surface area contributed by atoms with Crippen molar-refractivity contribution in [3.8, 4) is 16.8 Å². The standard InChI is InChI=1S/C36H21NO2/c1-4-10-30-28(9-1)35-31(19-18-27-25-7-2-6-12-33(25)39-36(27)35)37(30)24-16-13-22(14-17-24)23-15-20-34-29(21-23)26-8-3-5-11-32(26)38-34/h1-21H/i1D,4D,9D,10D. The van der Waals surface area contributed by atoms with Gasteiger partial charge in [0.1, 0.15) is 22.3 Å². The molecule has 39 heavy (non-hydrogen) atoms. The van der Waals surface area contributed by atoms with Crippen molar-refractivity contribution in [1.82, 2.24) is 4.57 Å². The number of furan rings is 2. The predicted octanol–water partition coefficient (Wildman–Crippen LogP) is 10.2. The van der Waals surface area contributed by atoms with Crippen LogP contribution in [0.1, 0.15) is 5.48 Å². The van der Waals surface area contributed by atoms with Crippen molar-refractivity contribution in [2.75, 3.05) is 0 Å². The summed E-state index contributed by atoms with van der Waals surface area (Å²) in [6.45, 7) is 0. The summed E-state index contributed by atoms with van der Waals surface area (Å²) in [4.78, 5) is 0. The minimum absolute atomic E-state index is 0.0787. The molecule has 3 heteroatoms. The third-order valence-corrected chi connectivity index (χ3v) is 7.74. The van der Waals surface area contributed by atoms with Crippen LogP contribution in [0.3, 0.4) is 0 Å². The largest absolute Gasteiger partial charge is 0.456 e. The van der Waals surface area contributed by atoms with E-state index in [0.717, 1.165) is 60.6 Å². The van der Waals surface area contributed by atoms with Gasteiger partial charge in [-0.05, 0) is 65.7 Å². The number of para-hydroxylation sites is 3. The number of benzene rings is 6. The van der Waals surface area contributed by atoms with Crippen LogP contribution >= 0.6 is 0 Å². The van der Waals surface area contributed by atoms with Crippen molar-refractivity contribution in [1.29, 1.82) is 0 Å². The van der Waals surface area contributed by atoms with Crippen LogP contribution in [0.5, 0.6) is 0 Å². The second-order valence-corrected chi connectivity index (χ2v) is 9.85. The van der Waals surface area contributed by atoms with Gasteiger partial charge >= 0.3 is 0 Å². The molecule has 0 aliphatic carbocycles. The Balaban J connectivity index is 1.30. The quantitative estimate of drug-likeness (QED) is 0.235. The summed E-state index contributed by atoms with van der Waals surface area (Å²) in [5.41, 5.74) is 7.11. The van der Waals surface area contributed by atoms with Crippen molar-refractivity contribution in [2.45, 2.75) is 0 Å². The van der Waals surface area contributed by atoms with Crippen LogP contribution in [0.2, 0.25) is 0 Å². The molecule has 0 fully saturated rings. The molecular formula is C36H21NO2. The number of hydrogen-bond acceptors (Lipinski definition) is 2. The molecule has 9 rings (SSSR count). The number of rotatable bonds is 2. The van der Waals surface area contributed by atoms with E-state index in [1.165, 1.54) is 0 Å². The van der Waals surface area contributed by atoms with Gasteiger partial charge in [-0.2, -0.15) is 0 Å². The highest BCUT2D eigenvalue weighted by molar-refractivity contribution is 6.23. The monoisotopic (exact) mass is 503 g/mol. The van der Waals surface area contributed by atoms with Crippen LogP contribution in [0.4, 0.5) is 0 Å². The zero-order chi connectivity index (χ0) is 29.0. The minimum atomic E-state index is -0.264. The maximum atomic E-state index is 8.92. The van der Waals surface area contributed by atoms with Gasteiger partial charge in [0.05, 0.1) is 21.9 Å². The molecule has 3 nitrogen and oxygen atoms in total. The van der Waals surface area contributed by atoms with Gasteiger partial charge < -0.3 is 13.4 Å². The molecule has 182 valence electrons. The maximum absolute atomic E-state index is 8.92. The van der Waals surface area contributed by atoms with E-state index in [-0.39, 0.29) is 24.2 Å². The third kappa shape index (κ3) is 2.87. The first-order chi connectivity index (χ1) is 21.0. The fourth-order valence-electron chi connectivity index (χ4n) is 5.96. The van der Waals surface area contributed by atoms with E-state index in [4.69, 9.17) is 14.3 Å². The second-order valence-electron chi connectivity index (χ2n) is 9.85. The molecule has 0 saturated carbocycles. The highest BCUT2D eigenvalue weighted by Gasteiger charge is 2.18. The molecule has 0 N–H and O–H groups in total. The van der Waals surface area contributed by atoms with Crippen LogP contribution in [-0.4, -0.2) is 4.57 Å². The summed E-state index contributed by atoms with van der Waals surface area (Å²) in [6, 6.07) is 33.4. The average molecular weight is 504 g/mol. The van der Waals surface area contributed by atoms with Crippen molar-refractivity contribution in [3.05, 3.63) is 127 Å². The van der Waals surface area contributed by atoms with E-state index in [9.17, 15) is 0 Å². The van der Waals surface area contributed by atoms with Crippen LogP contribution in [0, 0.1) is 0 Å². The van der Waals surface area contributed by atoms with Crippen LogP contribution in [-0.2, 0) is 0 Å². The average Bonchev–Trinajstić information content (AvgIpc) is 3.72. The Hall–Kier alpha value is -5.28. The van der Waals surface area contributed by atoms with Crippen LogP contribution in [0.25, 0.3) is 82.5 Å². The summed E-state index contributed by atoms with van der Waals surface area (Å²) in [6.07, 6.45) is 0. The third-order valence-electron chi connectivity index (χ3n) is 7.74. The molecule has 0 unspecified atom stereocenters. The summed E-state index contributed by atoms with van der Waals surface area (Å²) >= 11 is 0. The lowest BCUT2D eigenvalue weighted by molar-refractivity contribution is 0.669. The minimum Gasteiger partial charge on any atom is -0.456 e. The van der Waals surface area contributed by atoms with E-state index in [1.54, 1.807) is 0 Å². The molecule has 0 atom stereocenters. The van der Waals surface area contributed by atoms with Gasteiger partial charge in [-0.3, -0.25) is 0 Å². The summed E-state index contributed by atoms with van der Waals surface area (Å²) in [7, 11) is 0. The molecule has 0 spiro atoms. The molecule has 0 bridgehead atoms. The number of hydrogen-bond donors (Lipinski definition) is 0. The lowest BCUT2D eigenvalue weighted by Gasteiger charge is -2.09. The molecule has 3 aromatic heterocycles. The Morgan fingerprint density at radius 2 is 1.21 bits per heavy atom. The molecule has 0 amide bonds. The van der Waals surface area contributed by atoms with Gasteiger partial charge in [0, 0.05) is 32.6 Å². The number of fused-ring (bicyclic) bond motifs is 10. The highest BCUT2D eigenvalue weighted by Crippen LogP contribution is 2.40. The zero-order valence-corrected chi connectivity index (χ0v) is 20.6. The first-order valence-electron chi connectivity index (χ1n) is 14.9. The Kier molecular flexibility index (Phi) is 3.38. The molecular weight excluding hydrogens is 478 g/mol. The Labute approximate surface area is 228 Å². The van der Waals surface area contributed by atoms with Gasteiger partial charge in [0.15, 0.2) is 0 Å². The fraction of sp³-hybridized carbons (Fsp3) is 0. The van der Waals surface area contributed by atoms with Gasteiger partial charge in [-0.1, -0.05) is 72.7 Å². The lowest BCUT2D eigenvalue weighted by Crippen LogP contribution is -1.93. The van der Waals surface area contributed by atoms with E-state index in [1.807, 2.05) is 89.5 Å². The summed E-state index contributed by atoms with van der Waals surface area (Å²) in [5.74, 6) is 0. The van der Waals surface area contributed by atoms with E-state index >= 15 is 0 Å².